The maximum atomic E-state index is 12.0. The molecule has 3 N–H and O–H groups in total. The Labute approximate surface area is 133 Å². The van der Waals surface area contributed by atoms with Crippen molar-refractivity contribution >= 4 is 27.5 Å². The number of nitrogens with two attached hydrogens (primary N) is 1. The molecule has 0 heterocycles. The zero-order valence-corrected chi connectivity index (χ0v) is 13.6. The Morgan fingerprint density at radius 3 is 2.62 bits per heavy atom. The average molecular weight is 347 g/mol. The lowest BCUT2D eigenvalue weighted by atomic mass is 10.0. The van der Waals surface area contributed by atoms with Crippen molar-refractivity contribution < 1.29 is 4.79 Å². The quantitative estimate of drug-likeness (QED) is 0.853. The predicted octanol–water partition coefficient (Wildman–Crippen LogP) is 4.18. The van der Waals surface area contributed by atoms with Crippen LogP contribution in [0.4, 0.5) is 5.69 Å². The van der Waals surface area contributed by atoms with Crippen molar-refractivity contribution in [2.45, 2.75) is 25.8 Å². The van der Waals surface area contributed by atoms with Gasteiger partial charge in [0.25, 0.3) is 0 Å². The number of carbonyl (C=O) groups is 1. The molecule has 0 aliphatic carbocycles. The second kappa shape index (κ2) is 7.38. The molecule has 3 nitrogen and oxygen atoms in total. The Balaban J connectivity index is 1.86. The number of nitrogens with one attached hydrogen (secondary N) is 1. The molecule has 21 heavy (non-hydrogen) atoms. The van der Waals surface area contributed by atoms with E-state index < -0.39 is 0 Å². The molecule has 2 aromatic carbocycles. The fourth-order valence-electron chi connectivity index (χ4n) is 2.10. The third-order valence-electron chi connectivity index (χ3n) is 3.35. The summed E-state index contributed by atoms with van der Waals surface area (Å²) < 4.78 is 1.03. The van der Waals surface area contributed by atoms with Crippen LogP contribution in [-0.2, 0) is 4.79 Å². The number of amides is 1. The fraction of sp³-hybridized carbons (Fsp3) is 0.235. The van der Waals surface area contributed by atoms with Gasteiger partial charge in [-0.25, -0.2) is 0 Å². The van der Waals surface area contributed by atoms with E-state index in [0.717, 1.165) is 21.3 Å². The Kier molecular flexibility index (Phi) is 5.53. The van der Waals surface area contributed by atoms with E-state index in [4.69, 9.17) is 5.73 Å². The lowest BCUT2D eigenvalue weighted by Crippen LogP contribution is -2.16. The van der Waals surface area contributed by atoms with Crippen molar-refractivity contribution in [1.29, 1.82) is 0 Å². The van der Waals surface area contributed by atoms with Gasteiger partial charge in [-0.1, -0.05) is 46.3 Å². The lowest BCUT2D eigenvalue weighted by molar-refractivity contribution is -0.116. The molecule has 0 saturated heterocycles. The minimum Gasteiger partial charge on any atom is -0.326 e. The second-order valence-electron chi connectivity index (χ2n) is 5.07. The summed E-state index contributed by atoms with van der Waals surface area (Å²) in [4.78, 5) is 12.0. The van der Waals surface area contributed by atoms with Crippen LogP contribution in [0.3, 0.4) is 0 Å². The van der Waals surface area contributed by atoms with Gasteiger partial charge in [-0.2, -0.15) is 0 Å². The van der Waals surface area contributed by atoms with E-state index in [2.05, 4.69) is 21.2 Å². The van der Waals surface area contributed by atoms with E-state index in [1.54, 1.807) is 0 Å². The summed E-state index contributed by atoms with van der Waals surface area (Å²) in [5.74, 6) is -0.0110. The summed E-state index contributed by atoms with van der Waals surface area (Å²) in [5, 5.41) is 2.90. The third-order valence-corrected chi connectivity index (χ3v) is 4.24. The topological polar surface area (TPSA) is 55.1 Å². The highest BCUT2D eigenvalue weighted by atomic mass is 79.9. The molecular weight excluding hydrogens is 328 g/mol. The molecule has 0 radical (unpaired) electrons. The normalized spacial score (nSPS) is 12.0. The molecule has 0 saturated carbocycles. The Bertz CT molecular complexity index is 613. The summed E-state index contributed by atoms with van der Waals surface area (Å²) in [7, 11) is 0. The monoisotopic (exact) mass is 346 g/mol. The zero-order valence-electron chi connectivity index (χ0n) is 12.0. The largest absolute Gasteiger partial charge is 0.326 e. The minimum absolute atomic E-state index is 0.0110. The number of anilines is 1. The van der Waals surface area contributed by atoms with Gasteiger partial charge in [-0.15, -0.1) is 0 Å². The highest BCUT2D eigenvalue weighted by Crippen LogP contribution is 2.21. The summed E-state index contributed by atoms with van der Waals surface area (Å²) in [6, 6.07) is 15.5. The lowest BCUT2D eigenvalue weighted by Gasteiger charge is -2.12. The summed E-state index contributed by atoms with van der Waals surface area (Å²) in [6.07, 6.45) is 1.04. The number of hydrogen-bond acceptors (Lipinski definition) is 2. The number of benzene rings is 2. The van der Waals surface area contributed by atoms with Crippen LogP contribution in [0, 0.1) is 6.92 Å². The van der Waals surface area contributed by atoms with Crippen molar-refractivity contribution in [3.8, 4) is 0 Å². The van der Waals surface area contributed by atoms with E-state index in [1.807, 2.05) is 55.5 Å². The first-order valence-corrected chi connectivity index (χ1v) is 7.72. The number of hydrogen-bond donors (Lipinski definition) is 2. The van der Waals surface area contributed by atoms with E-state index >= 15 is 0 Å². The van der Waals surface area contributed by atoms with Gasteiger partial charge in [0.2, 0.25) is 5.91 Å². The molecule has 2 aromatic rings. The summed E-state index contributed by atoms with van der Waals surface area (Å²) in [5.41, 5.74) is 9.06. The number of halogens is 1. The molecule has 110 valence electrons. The van der Waals surface area contributed by atoms with Crippen LogP contribution >= 0.6 is 15.9 Å². The van der Waals surface area contributed by atoms with Crippen LogP contribution < -0.4 is 11.1 Å². The molecule has 0 spiro atoms. The molecule has 0 bridgehead atoms. The third kappa shape index (κ3) is 4.69. The maximum Gasteiger partial charge on any atom is 0.224 e. The highest BCUT2D eigenvalue weighted by Gasteiger charge is 2.09. The van der Waals surface area contributed by atoms with Crippen molar-refractivity contribution in [3.05, 3.63) is 64.1 Å². The smallest absolute Gasteiger partial charge is 0.224 e. The molecule has 0 aliphatic rings. The van der Waals surface area contributed by atoms with E-state index in [-0.39, 0.29) is 11.9 Å². The van der Waals surface area contributed by atoms with Crippen LogP contribution in [0.5, 0.6) is 0 Å². The van der Waals surface area contributed by atoms with Crippen LogP contribution in [0.1, 0.15) is 30.0 Å². The van der Waals surface area contributed by atoms with Gasteiger partial charge in [0.15, 0.2) is 0 Å². The Morgan fingerprint density at radius 2 is 1.95 bits per heavy atom. The van der Waals surface area contributed by atoms with Crippen LogP contribution in [0.25, 0.3) is 0 Å². The van der Waals surface area contributed by atoms with Crippen molar-refractivity contribution in [2.75, 3.05) is 5.32 Å². The first kappa shape index (κ1) is 15.7. The van der Waals surface area contributed by atoms with Gasteiger partial charge < -0.3 is 11.1 Å². The highest BCUT2D eigenvalue weighted by molar-refractivity contribution is 9.10. The van der Waals surface area contributed by atoms with E-state index in [1.165, 1.54) is 0 Å². The van der Waals surface area contributed by atoms with Gasteiger partial charge in [-0.05, 0) is 42.7 Å². The number of carbonyl (C=O) groups excluding carboxylic acids is 1. The van der Waals surface area contributed by atoms with Crippen LogP contribution in [0.15, 0.2) is 53.0 Å². The molecule has 2 rings (SSSR count). The molecule has 1 amide bonds. The maximum absolute atomic E-state index is 12.0. The fourth-order valence-corrected chi connectivity index (χ4v) is 2.35. The molecule has 0 aliphatic heterocycles. The predicted molar refractivity (Wildman–Crippen MR) is 90.1 cm³/mol. The van der Waals surface area contributed by atoms with Crippen molar-refractivity contribution in [1.82, 2.24) is 0 Å². The number of aryl methyl sites for hydroxylation is 1. The molecule has 0 aromatic heterocycles. The minimum atomic E-state index is -0.108. The van der Waals surface area contributed by atoms with E-state index in [9.17, 15) is 4.79 Å². The second-order valence-corrected chi connectivity index (χ2v) is 5.92. The standard InChI is InChI=1S/C17H19BrN2O/c1-12-11-14(7-8-15(12)18)20-17(21)10-9-16(19)13-5-3-2-4-6-13/h2-8,11,16H,9-10,19H2,1H3,(H,20,21). The average Bonchev–Trinajstić information content (AvgIpc) is 2.49. The Morgan fingerprint density at radius 1 is 1.24 bits per heavy atom. The molecule has 1 atom stereocenters. The SMILES string of the molecule is Cc1cc(NC(=O)CCC(N)c2ccccc2)ccc1Br. The van der Waals surface area contributed by atoms with Gasteiger partial charge in [0.1, 0.15) is 0 Å². The molecular formula is C17H19BrN2O. The van der Waals surface area contributed by atoms with Gasteiger partial charge in [0, 0.05) is 22.6 Å². The number of rotatable bonds is 5. The first-order chi connectivity index (χ1) is 10.1. The molecule has 0 fully saturated rings. The first-order valence-electron chi connectivity index (χ1n) is 6.93. The van der Waals surface area contributed by atoms with Crippen molar-refractivity contribution in [3.63, 3.8) is 0 Å². The zero-order chi connectivity index (χ0) is 15.2. The van der Waals surface area contributed by atoms with Gasteiger partial charge in [-0.3, -0.25) is 4.79 Å². The molecule has 4 heteroatoms. The van der Waals surface area contributed by atoms with Crippen LogP contribution in [-0.4, -0.2) is 5.91 Å². The summed E-state index contributed by atoms with van der Waals surface area (Å²) in [6.45, 7) is 1.99. The molecule has 1 unspecified atom stereocenters. The summed E-state index contributed by atoms with van der Waals surface area (Å²) >= 11 is 3.44. The van der Waals surface area contributed by atoms with Crippen molar-refractivity contribution in [2.24, 2.45) is 5.73 Å². The Hall–Kier alpha value is -1.65. The van der Waals surface area contributed by atoms with Gasteiger partial charge >= 0.3 is 0 Å². The van der Waals surface area contributed by atoms with Gasteiger partial charge in [0.05, 0.1) is 0 Å². The van der Waals surface area contributed by atoms with E-state index in [0.29, 0.717) is 12.8 Å². The van der Waals surface area contributed by atoms with Crippen LogP contribution in [0.2, 0.25) is 0 Å².